The van der Waals surface area contributed by atoms with Crippen LogP contribution in [0.4, 0.5) is 11.4 Å². The number of nitro groups is 1. The molecular weight excluding hydrogens is 703 g/mol. The molecule has 4 aromatic rings. The van der Waals surface area contributed by atoms with Crippen molar-refractivity contribution in [3.63, 3.8) is 0 Å². The Morgan fingerprint density at radius 1 is 0.940 bits per heavy atom. The Hall–Kier alpha value is -4.65. The maximum atomic E-state index is 14.7. The Balaban J connectivity index is 1.89. The minimum absolute atomic E-state index is 0.0714. The van der Waals surface area contributed by atoms with Gasteiger partial charge in [0.25, 0.3) is 15.7 Å². The predicted octanol–water partition coefficient (Wildman–Crippen LogP) is 6.97. The van der Waals surface area contributed by atoms with Gasteiger partial charge in [0.15, 0.2) is 0 Å². The number of anilines is 1. The number of aryl methyl sites for hydroxylation is 1. The van der Waals surface area contributed by atoms with E-state index in [4.69, 9.17) is 27.9 Å². The number of ether oxygens (including phenoxy) is 1. The van der Waals surface area contributed by atoms with Gasteiger partial charge in [-0.2, -0.15) is 0 Å². The number of hydrogen-bond acceptors (Lipinski definition) is 7. The second kappa shape index (κ2) is 16.8. The summed E-state index contributed by atoms with van der Waals surface area (Å²) < 4.78 is 35.2. The summed E-state index contributed by atoms with van der Waals surface area (Å²) in [6, 6.07) is 22.4. The van der Waals surface area contributed by atoms with Crippen molar-refractivity contribution in [3.05, 3.63) is 128 Å². The van der Waals surface area contributed by atoms with E-state index >= 15 is 0 Å². The van der Waals surface area contributed by atoms with Gasteiger partial charge in [-0.1, -0.05) is 78.7 Å². The number of hydrogen-bond donors (Lipinski definition) is 1. The van der Waals surface area contributed by atoms with Crippen molar-refractivity contribution in [2.45, 2.75) is 57.1 Å². The molecule has 11 nitrogen and oxygen atoms in total. The van der Waals surface area contributed by atoms with E-state index in [0.29, 0.717) is 17.0 Å². The van der Waals surface area contributed by atoms with E-state index in [-0.39, 0.29) is 41.0 Å². The summed E-state index contributed by atoms with van der Waals surface area (Å²) >= 11 is 12.5. The summed E-state index contributed by atoms with van der Waals surface area (Å²) in [6.45, 7) is 4.38. The zero-order chi connectivity index (χ0) is 36.6. The standard InChI is InChI=1S/C36H38Cl2N4O7S/c1-5-25(3)39-36(44)33(19-26-9-7-6-8-10-26)40(22-27-12-14-28(37)15-13-27)35(43)23-41(32-20-29(38)16-18-34(32)49-4)50(47,48)30-17-11-24(2)31(21-30)42(45)46/h6-18,20-21,25,33H,5,19,22-23H2,1-4H3,(H,39,44)/t25-,33+/m0/s1. The number of nitrogens with one attached hydrogen (secondary N) is 1. The Morgan fingerprint density at radius 2 is 1.60 bits per heavy atom. The molecular formula is C36H38Cl2N4O7S. The lowest BCUT2D eigenvalue weighted by Gasteiger charge is -2.34. The Kier molecular flexibility index (Phi) is 12.9. The highest BCUT2D eigenvalue weighted by molar-refractivity contribution is 7.92. The number of nitro benzene ring substituents is 1. The average Bonchev–Trinajstić information content (AvgIpc) is 3.09. The first-order chi connectivity index (χ1) is 23.7. The summed E-state index contributed by atoms with van der Waals surface area (Å²) in [6.07, 6.45) is 0.762. The number of carbonyl (C=O) groups is 2. The molecule has 4 aromatic carbocycles. The molecule has 0 aliphatic carbocycles. The second-order valence-electron chi connectivity index (χ2n) is 11.7. The van der Waals surface area contributed by atoms with Crippen LogP contribution in [0.3, 0.4) is 0 Å². The molecule has 14 heteroatoms. The van der Waals surface area contributed by atoms with Crippen LogP contribution in [0.15, 0.2) is 95.9 Å². The van der Waals surface area contributed by atoms with Crippen molar-refractivity contribution in [3.8, 4) is 5.75 Å². The van der Waals surface area contributed by atoms with Gasteiger partial charge in [-0.25, -0.2) is 8.42 Å². The zero-order valence-electron chi connectivity index (χ0n) is 28.0. The minimum Gasteiger partial charge on any atom is -0.495 e. The largest absolute Gasteiger partial charge is 0.495 e. The molecule has 0 aliphatic rings. The molecule has 0 aliphatic heterocycles. The maximum Gasteiger partial charge on any atom is 0.273 e. The van der Waals surface area contributed by atoms with Crippen molar-refractivity contribution >= 4 is 56.4 Å². The molecule has 2 atom stereocenters. The number of sulfonamides is 1. The number of halogens is 2. The fourth-order valence-electron chi connectivity index (χ4n) is 5.23. The Labute approximate surface area is 302 Å². The van der Waals surface area contributed by atoms with Crippen LogP contribution in [-0.2, 0) is 32.6 Å². The van der Waals surface area contributed by atoms with Gasteiger partial charge in [0.05, 0.1) is 22.6 Å². The van der Waals surface area contributed by atoms with Gasteiger partial charge in [0, 0.05) is 40.7 Å². The van der Waals surface area contributed by atoms with Crippen molar-refractivity contribution in [2.24, 2.45) is 0 Å². The van der Waals surface area contributed by atoms with E-state index in [1.54, 1.807) is 24.3 Å². The van der Waals surface area contributed by atoms with Crippen molar-refractivity contribution in [1.82, 2.24) is 10.2 Å². The number of amides is 2. The van der Waals surface area contributed by atoms with Crippen LogP contribution in [0.2, 0.25) is 10.0 Å². The lowest BCUT2D eigenvalue weighted by molar-refractivity contribution is -0.385. The third kappa shape index (κ3) is 9.32. The van der Waals surface area contributed by atoms with Gasteiger partial charge < -0.3 is 15.0 Å². The minimum atomic E-state index is -4.69. The summed E-state index contributed by atoms with van der Waals surface area (Å²) in [4.78, 5) is 40.7. The summed E-state index contributed by atoms with van der Waals surface area (Å²) in [5.74, 6) is -1.08. The molecule has 50 heavy (non-hydrogen) atoms. The second-order valence-corrected chi connectivity index (χ2v) is 14.4. The molecule has 2 amide bonds. The van der Waals surface area contributed by atoms with Gasteiger partial charge in [-0.15, -0.1) is 0 Å². The quantitative estimate of drug-likeness (QED) is 0.103. The highest BCUT2D eigenvalue weighted by Gasteiger charge is 2.36. The predicted molar refractivity (Wildman–Crippen MR) is 194 cm³/mol. The molecule has 264 valence electrons. The highest BCUT2D eigenvalue weighted by Crippen LogP contribution is 2.36. The molecule has 0 fully saturated rings. The SMILES string of the molecule is CC[C@H](C)NC(=O)[C@@H](Cc1ccccc1)N(Cc1ccc(Cl)cc1)C(=O)CN(c1cc(Cl)ccc1OC)S(=O)(=O)c1ccc(C)c([N+](=O)[O-])c1. The van der Waals surface area contributed by atoms with Gasteiger partial charge >= 0.3 is 0 Å². The molecule has 0 bridgehead atoms. The molecule has 0 radical (unpaired) electrons. The van der Waals surface area contributed by atoms with E-state index < -0.39 is 49.9 Å². The molecule has 1 N–H and O–H groups in total. The Morgan fingerprint density at radius 3 is 2.22 bits per heavy atom. The highest BCUT2D eigenvalue weighted by atomic mass is 35.5. The van der Waals surface area contributed by atoms with E-state index in [0.717, 1.165) is 15.9 Å². The van der Waals surface area contributed by atoms with Crippen LogP contribution >= 0.6 is 23.2 Å². The summed E-state index contributed by atoms with van der Waals surface area (Å²) in [7, 11) is -3.35. The number of benzene rings is 4. The van der Waals surface area contributed by atoms with Crippen LogP contribution in [-0.4, -0.2) is 55.8 Å². The number of methoxy groups -OCH3 is 1. The van der Waals surface area contributed by atoms with Crippen molar-refractivity contribution in [1.29, 1.82) is 0 Å². The molecule has 0 heterocycles. The third-order valence-electron chi connectivity index (χ3n) is 8.19. The van der Waals surface area contributed by atoms with Gasteiger partial charge in [0.2, 0.25) is 11.8 Å². The van der Waals surface area contributed by atoms with Gasteiger partial charge in [-0.3, -0.25) is 24.0 Å². The zero-order valence-corrected chi connectivity index (χ0v) is 30.3. The number of carbonyl (C=O) groups excluding carboxylic acids is 2. The topological polar surface area (TPSA) is 139 Å². The van der Waals surface area contributed by atoms with Crippen LogP contribution in [0.1, 0.15) is 37.0 Å². The van der Waals surface area contributed by atoms with E-state index in [9.17, 15) is 28.1 Å². The van der Waals surface area contributed by atoms with E-state index in [1.165, 1.54) is 49.3 Å². The summed E-state index contributed by atoms with van der Waals surface area (Å²) in [5.41, 5.74) is 1.18. The third-order valence-corrected chi connectivity index (χ3v) is 10.4. The lowest BCUT2D eigenvalue weighted by Crippen LogP contribution is -2.54. The van der Waals surface area contributed by atoms with Crippen LogP contribution < -0.4 is 14.4 Å². The average molecular weight is 742 g/mol. The smallest absolute Gasteiger partial charge is 0.273 e. The molecule has 0 aromatic heterocycles. The number of rotatable bonds is 15. The van der Waals surface area contributed by atoms with Crippen LogP contribution in [0.5, 0.6) is 5.75 Å². The fourth-order valence-corrected chi connectivity index (χ4v) is 6.96. The Bertz CT molecular complexity index is 1940. The first kappa shape index (κ1) is 38.2. The molecule has 0 spiro atoms. The first-order valence-corrected chi connectivity index (χ1v) is 17.9. The van der Waals surface area contributed by atoms with Crippen molar-refractivity contribution < 1.29 is 27.7 Å². The first-order valence-electron chi connectivity index (χ1n) is 15.7. The molecule has 0 unspecified atom stereocenters. The molecule has 4 rings (SSSR count). The molecule has 0 saturated carbocycles. The van der Waals surface area contributed by atoms with E-state index in [2.05, 4.69) is 5.32 Å². The maximum absolute atomic E-state index is 14.7. The lowest BCUT2D eigenvalue weighted by atomic mass is 10.0. The number of nitrogens with zero attached hydrogens (tertiary/aromatic N) is 3. The fraction of sp³-hybridized carbons (Fsp3) is 0.278. The monoisotopic (exact) mass is 740 g/mol. The molecule has 0 saturated heterocycles. The van der Waals surface area contributed by atoms with Crippen LogP contribution in [0.25, 0.3) is 0 Å². The van der Waals surface area contributed by atoms with Crippen LogP contribution in [0, 0.1) is 17.0 Å². The van der Waals surface area contributed by atoms with E-state index in [1.807, 2.05) is 44.2 Å². The summed E-state index contributed by atoms with van der Waals surface area (Å²) in [5, 5.41) is 15.4. The normalized spacial score (nSPS) is 12.4. The van der Waals surface area contributed by atoms with Gasteiger partial charge in [0.1, 0.15) is 18.3 Å². The van der Waals surface area contributed by atoms with Gasteiger partial charge in [-0.05, 0) is 67.8 Å². The van der Waals surface area contributed by atoms with Crippen molar-refractivity contribution in [2.75, 3.05) is 18.0 Å².